The summed E-state index contributed by atoms with van der Waals surface area (Å²) in [5, 5.41) is 0. The third-order valence-electron chi connectivity index (χ3n) is 3.47. The lowest BCUT2D eigenvalue weighted by molar-refractivity contribution is -0.786. The minimum Gasteiger partial charge on any atom is -0.307 e. The molecular weight excluding hydrogens is 256 g/mol. The molecule has 2 heteroatoms. The summed E-state index contributed by atoms with van der Waals surface area (Å²) in [5.41, 5.74) is 5.40. The zero-order chi connectivity index (χ0) is 15.8. The number of rotatable bonds is 4. The van der Waals surface area contributed by atoms with Crippen LogP contribution in [0.5, 0.6) is 0 Å². The standard InChI is InChI=1S/C17H22N2.C2H6/c1-18(2)16-9-5-14(6-10-16)13-15-7-11-17(12-8-15)19(3)4;1-2/h5-12H,13H2,1-4H3;1-2H3/p+2. The summed E-state index contributed by atoms with van der Waals surface area (Å²) in [6.07, 6.45) is 1.01. The van der Waals surface area contributed by atoms with Crippen molar-refractivity contribution >= 4 is 11.4 Å². The maximum Gasteiger partial charge on any atom is 0.130 e. The van der Waals surface area contributed by atoms with Crippen LogP contribution < -0.4 is 9.80 Å². The third-order valence-corrected chi connectivity index (χ3v) is 3.47. The van der Waals surface area contributed by atoms with Gasteiger partial charge in [-0.25, -0.2) is 0 Å². The monoisotopic (exact) mass is 286 g/mol. The summed E-state index contributed by atoms with van der Waals surface area (Å²) in [6.45, 7) is 4.00. The van der Waals surface area contributed by atoms with Gasteiger partial charge in [-0.1, -0.05) is 38.1 Å². The van der Waals surface area contributed by atoms with Crippen molar-refractivity contribution in [1.29, 1.82) is 0 Å². The Balaban J connectivity index is 0.00000106. The summed E-state index contributed by atoms with van der Waals surface area (Å²) in [6, 6.07) is 17.8. The van der Waals surface area contributed by atoms with Gasteiger partial charge in [-0.3, -0.25) is 0 Å². The lowest BCUT2D eigenvalue weighted by Crippen LogP contribution is -3.00. The molecule has 2 rings (SSSR count). The van der Waals surface area contributed by atoms with E-state index in [9.17, 15) is 0 Å². The predicted octanol–water partition coefficient (Wildman–Crippen LogP) is 1.86. The second-order valence-corrected chi connectivity index (χ2v) is 5.57. The van der Waals surface area contributed by atoms with E-state index < -0.39 is 0 Å². The van der Waals surface area contributed by atoms with Gasteiger partial charge in [0.05, 0.1) is 28.2 Å². The van der Waals surface area contributed by atoms with Gasteiger partial charge in [-0.05, 0) is 41.8 Å². The smallest absolute Gasteiger partial charge is 0.130 e. The van der Waals surface area contributed by atoms with Gasteiger partial charge >= 0.3 is 0 Å². The van der Waals surface area contributed by atoms with Gasteiger partial charge in [0.1, 0.15) is 11.4 Å². The molecule has 0 spiro atoms. The van der Waals surface area contributed by atoms with Gasteiger partial charge in [-0.2, -0.15) is 0 Å². The average Bonchev–Trinajstić information content (AvgIpc) is 2.50. The fourth-order valence-corrected chi connectivity index (χ4v) is 2.15. The van der Waals surface area contributed by atoms with E-state index in [2.05, 4.69) is 76.7 Å². The van der Waals surface area contributed by atoms with Crippen molar-refractivity contribution in [2.24, 2.45) is 0 Å². The molecule has 0 heterocycles. The first-order valence-corrected chi connectivity index (χ1v) is 7.85. The molecule has 0 saturated carbocycles. The number of benzene rings is 2. The molecule has 2 aromatic carbocycles. The largest absolute Gasteiger partial charge is 0.307 e. The molecule has 2 aromatic rings. The van der Waals surface area contributed by atoms with Crippen LogP contribution in [0.3, 0.4) is 0 Å². The fraction of sp³-hybridized carbons (Fsp3) is 0.368. The maximum absolute atomic E-state index is 2.23. The van der Waals surface area contributed by atoms with E-state index in [0.29, 0.717) is 0 Å². The van der Waals surface area contributed by atoms with Crippen LogP contribution >= 0.6 is 0 Å². The molecule has 0 amide bonds. The Morgan fingerprint density at radius 1 is 0.571 bits per heavy atom. The molecular formula is C19H30N2+2. The van der Waals surface area contributed by atoms with E-state index in [4.69, 9.17) is 0 Å². The van der Waals surface area contributed by atoms with Crippen molar-refractivity contribution in [2.75, 3.05) is 28.2 Å². The third kappa shape index (κ3) is 5.33. The molecule has 114 valence electrons. The zero-order valence-corrected chi connectivity index (χ0v) is 14.3. The highest BCUT2D eigenvalue weighted by molar-refractivity contribution is 5.37. The topological polar surface area (TPSA) is 8.88 Å². The fourth-order valence-electron chi connectivity index (χ4n) is 2.15. The van der Waals surface area contributed by atoms with Crippen molar-refractivity contribution < 1.29 is 9.80 Å². The van der Waals surface area contributed by atoms with E-state index in [1.807, 2.05) is 13.8 Å². The van der Waals surface area contributed by atoms with Crippen LogP contribution in [0.15, 0.2) is 48.5 Å². The number of hydrogen-bond acceptors (Lipinski definition) is 0. The van der Waals surface area contributed by atoms with E-state index >= 15 is 0 Å². The molecule has 0 aromatic heterocycles. The molecule has 21 heavy (non-hydrogen) atoms. The van der Waals surface area contributed by atoms with E-state index in [-0.39, 0.29) is 0 Å². The molecule has 0 atom stereocenters. The molecule has 2 N–H and O–H groups in total. The summed E-state index contributed by atoms with van der Waals surface area (Å²) in [5.74, 6) is 0. The Bertz CT molecular complexity index is 461. The minimum atomic E-state index is 1.01. The highest BCUT2D eigenvalue weighted by Crippen LogP contribution is 2.13. The van der Waals surface area contributed by atoms with Crippen molar-refractivity contribution in [1.82, 2.24) is 0 Å². The zero-order valence-electron chi connectivity index (χ0n) is 14.3. The molecule has 0 fully saturated rings. The number of hydrogen-bond donors (Lipinski definition) is 2. The number of quaternary nitrogens is 2. The Morgan fingerprint density at radius 2 is 0.857 bits per heavy atom. The lowest BCUT2D eigenvalue weighted by atomic mass is 10.0. The van der Waals surface area contributed by atoms with E-state index in [1.54, 1.807) is 0 Å². The van der Waals surface area contributed by atoms with E-state index in [1.165, 1.54) is 32.3 Å². The second-order valence-electron chi connectivity index (χ2n) is 5.57. The molecule has 0 aliphatic rings. The second kappa shape index (κ2) is 8.60. The summed E-state index contributed by atoms with van der Waals surface area (Å²) in [7, 11) is 8.60. The summed E-state index contributed by atoms with van der Waals surface area (Å²) < 4.78 is 0. The van der Waals surface area contributed by atoms with Gasteiger partial charge < -0.3 is 9.80 Å². The highest BCUT2D eigenvalue weighted by atomic mass is 15.1. The van der Waals surface area contributed by atoms with Crippen LogP contribution in [0.1, 0.15) is 25.0 Å². The first-order chi connectivity index (χ1) is 10.1. The van der Waals surface area contributed by atoms with Crippen LogP contribution in [0.25, 0.3) is 0 Å². The van der Waals surface area contributed by atoms with Gasteiger partial charge in [0.15, 0.2) is 0 Å². The molecule has 0 saturated heterocycles. The quantitative estimate of drug-likeness (QED) is 0.849. The van der Waals surface area contributed by atoms with Gasteiger partial charge in [0.25, 0.3) is 0 Å². The Kier molecular flexibility index (Phi) is 7.13. The van der Waals surface area contributed by atoms with Crippen molar-refractivity contribution in [3.63, 3.8) is 0 Å². The van der Waals surface area contributed by atoms with Crippen molar-refractivity contribution in [2.45, 2.75) is 20.3 Å². The minimum absolute atomic E-state index is 1.01. The van der Waals surface area contributed by atoms with Crippen molar-refractivity contribution in [3.05, 3.63) is 59.7 Å². The maximum atomic E-state index is 2.23. The lowest BCUT2D eigenvalue weighted by Gasteiger charge is -2.09. The molecule has 0 unspecified atom stereocenters. The van der Waals surface area contributed by atoms with E-state index in [0.717, 1.165) is 6.42 Å². The molecule has 0 aliphatic heterocycles. The molecule has 0 bridgehead atoms. The summed E-state index contributed by atoms with van der Waals surface area (Å²) in [4.78, 5) is 2.73. The first-order valence-electron chi connectivity index (χ1n) is 7.85. The Labute approximate surface area is 130 Å². The predicted molar refractivity (Wildman–Crippen MR) is 92.0 cm³/mol. The van der Waals surface area contributed by atoms with Crippen LogP contribution in [0.2, 0.25) is 0 Å². The molecule has 2 nitrogen and oxygen atoms in total. The molecule has 0 aliphatic carbocycles. The highest BCUT2D eigenvalue weighted by Gasteiger charge is 2.03. The normalized spacial score (nSPS) is 10.5. The summed E-state index contributed by atoms with van der Waals surface area (Å²) >= 11 is 0. The van der Waals surface area contributed by atoms with Gasteiger partial charge in [0.2, 0.25) is 0 Å². The SMILES string of the molecule is CC.C[NH+](C)c1ccc(Cc2ccc([NH+](C)C)cc2)cc1. The van der Waals surface area contributed by atoms with Crippen LogP contribution in [-0.4, -0.2) is 28.2 Å². The van der Waals surface area contributed by atoms with Crippen LogP contribution in [0, 0.1) is 0 Å². The molecule has 0 radical (unpaired) electrons. The first kappa shape index (κ1) is 17.4. The van der Waals surface area contributed by atoms with Crippen LogP contribution in [-0.2, 0) is 6.42 Å². The average molecular weight is 286 g/mol. The van der Waals surface area contributed by atoms with Gasteiger partial charge in [0, 0.05) is 0 Å². The Morgan fingerprint density at radius 3 is 1.10 bits per heavy atom. The Hall–Kier alpha value is -1.64. The number of nitrogens with one attached hydrogen (secondary N) is 2. The van der Waals surface area contributed by atoms with Gasteiger partial charge in [-0.15, -0.1) is 0 Å². The van der Waals surface area contributed by atoms with Crippen molar-refractivity contribution in [3.8, 4) is 0 Å². The van der Waals surface area contributed by atoms with Crippen LogP contribution in [0.4, 0.5) is 11.4 Å².